The average molecular weight is 210 g/mol. The predicted octanol–water partition coefficient (Wildman–Crippen LogP) is 1.42. The third-order valence-corrected chi connectivity index (χ3v) is 2.25. The Morgan fingerprint density at radius 2 is 2.00 bits per heavy atom. The van der Waals surface area contributed by atoms with Crippen molar-refractivity contribution in [3.05, 3.63) is 48.0 Å². The molecule has 2 heterocycles. The van der Waals surface area contributed by atoms with Gasteiger partial charge in [-0.05, 0) is 12.1 Å². The van der Waals surface area contributed by atoms with Gasteiger partial charge in [-0.25, -0.2) is 4.98 Å². The summed E-state index contributed by atoms with van der Waals surface area (Å²) >= 11 is 0. The summed E-state index contributed by atoms with van der Waals surface area (Å²) in [6.07, 6.45) is 3.45. The summed E-state index contributed by atoms with van der Waals surface area (Å²) in [6.45, 7) is 0. The van der Waals surface area contributed by atoms with Crippen LogP contribution in [0.3, 0.4) is 0 Å². The largest absolute Gasteiger partial charge is 0.296 e. The fourth-order valence-electron chi connectivity index (χ4n) is 1.66. The van der Waals surface area contributed by atoms with Crippen LogP contribution in [0.15, 0.2) is 36.7 Å². The van der Waals surface area contributed by atoms with Gasteiger partial charge in [0.2, 0.25) is 5.78 Å². The molecular weight excluding hydrogens is 204 g/mol. The number of para-hydroxylation sites is 1. The van der Waals surface area contributed by atoms with Gasteiger partial charge in [0.1, 0.15) is 0 Å². The first kappa shape index (κ1) is 9.90. The number of carbonyl (C=O) groups is 1. The van der Waals surface area contributed by atoms with E-state index >= 15 is 0 Å². The van der Waals surface area contributed by atoms with Gasteiger partial charge in [0.25, 0.3) is 0 Å². The molecule has 1 aliphatic rings. The number of carbonyl (C=O) groups excluding carboxylic acids is 1. The van der Waals surface area contributed by atoms with Crippen molar-refractivity contribution in [3.63, 3.8) is 0 Å². The Morgan fingerprint density at radius 3 is 2.86 bits per heavy atom. The number of fused-ring (bicyclic) bond motifs is 3. The number of hydrogen-bond acceptors (Lipinski definition) is 2. The normalized spacial score (nSPS) is 11.9. The van der Waals surface area contributed by atoms with Crippen molar-refractivity contribution in [3.8, 4) is 5.69 Å². The van der Waals surface area contributed by atoms with E-state index in [2.05, 4.69) is 4.98 Å². The molecule has 3 rings (SSSR count). The molecule has 0 radical (unpaired) electrons. The molecule has 0 bridgehead atoms. The molecule has 0 N–H and O–H groups in total. The van der Waals surface area contributed by atoms with Crippen molar-refractivity contribution < 1.29 is 42.5 Å². The Balaban J connectivity index is 0.000000750. The molecule has 0 atom stereocenters. The van der Waals surface area contributed by atoms with Crippen molar-refractivity contribution in [2.75, 3.05) is 0 Å². The minimum absolute atomic E-state index is 0. The summed E-state index contributed by atoms with van der Waals surface area (Å²) in [6, 6.07) is 7.53. The Kier molecular flexibility index (Phi) is 2.47. The van der Waals surface area contributed by atoms with E-state index in [9.17, 15) is 4.79 Å². The van der Waals surface area contributed by atoms with E-state index in [1.165, 1.54) is 0 Å². The van der Waals surface area contributed by atoms with Crippen molar-refractivity contribution >= 4 is 5.78 Å². The fourth-order valence-corrected chi connectivity index (χ4v) is 1.66. The van der Waals surface area contributed by atoms with Crippen molar-refractivity contribution in [2.45, 2.75) is 0 Å². The Labute approximate surface area is 111 Å². The fraction of sp³-hybridized carbons (Fsp3) is 0. The van der Waals surface area contributed by atoms with Crippen LogP contribution in [0.2, 0.25) is 0 Å². The minimum Gasteiger partial charge on any atom is -0.296 e. The van der Waals surface area contributed by atoms with Crippen molar-refractivity contribution in [1.29, 1.82) is 0 Å². The second-order valence-electron chi connectivity index (χ2n) is 2.97. The number of nitrogens with zero attached hydrogens (tertiary/aromatic N) is 2. The first-order valence-electron chi connectivity index (χ1n) is 4.05. The summed E-state index contributed by atoms with van der Waals surface area (Å²) in [5.74, 6) is 0.529. The van der Waals surface area contributed by atoms with E-state index in [0.717, 1.165) is 11.3 Å². The molecule has 14 heavy (non-hydrogen) atoms. The smallest absolute Gasteiger partial charge is 0.230 e. The third-order valence-electron chi connectivity index (χ3n) is 2.25. The maximum absolute atomic E-state index is 11.7. The second kappa shape index (κ2) is 3.50. The summed E-state index contributed by atoms with van der Waals surface area (Å²) in [4.78, 5) is 15.7. The van der Waals surface area contributed by atoms with Gasteiger partial charge in [-0.3, -0.25) is 9.36 Å². The number of imidazole rings is 1. The Morgan fingerprint density at radius 1 is 1.21 bits per heavy atom. The molecule has 0 fully saturated rings. The number of benzene rings is 1. The summed E-state index contributed by atoms with van der Waals surface area (Å²) in [5.41, 5.74) is 1.67. The monoisotopic (exact) mass is 210 g/mol. The van der Waals surface area contributed by atoms with Crippen LogP contribution in [-0.4, -0.2) is 15.3 Å². The molecule has 70 valence electrons. The minimum atomic E-state index is 0. The van der Waals surface area contributed by atoms with Crippen LogP contribution in [0.5, 0.6) is 0 Å². The third kappa shape index (κ3) is 1.16. The maximum Gasteiger partial charge on any atom is 0.230 e. The second-order valence-corrected chi connectivity index (χ2v) is 2.97. The van der Waals surface area contributed by atoms with Gasteiger partial charge < -0.3 is 0 Å². The molecule has 0 saturated heterocycles. The Hall–Kier alpha value is -0.640. The van der Waals surface area contributed by atoms with Crippen molar-refractivity contribution in [2.24, 2.45) is 0 Å². The van der Waals surface area contributed by atoms with E-state index in [1.807, 2.05) is 28.8 Å². The van der Waals surface area contributed by atoms with Crippen LogP contribution < -0.4 is 0 Å². The first-order valence-corrected chi connectivity index (χ1v) is 4.05. The predicted molar refractivity (Wildman–Crippen MR) is 47.0 cm³/mol. The quantitative estimate of drug-likeness (QED) is 0.562. The van der Waals surface area contributed by atoms with Gasteiger partial charge in [0.05, 0.1) is 5.69 Å². The molecule has 0 unspecified atom stereocenters. The molecule has 0 spiro atoms. The average Bonchev–Trinajstić information content (AvgIpc) is 2.72. The molecule has 1 aromatic heterocycles. The molecule has 3 nitrogen and oxygen atoms in total. The molecule has 0 amide bonds. The standard InChI is InChI=1S/C10H6N2O.Ar/c13-9-7-3-1-2-4-8(7)12-6-5-11-10(9)12;/h1-6H;. The van der Waals surface area contributed by atoms with Crippen LogP contribution in [0.25, 0.3) is 5.69 Å². The van der Waals surface area contributed by atoms with Gasteiger partial charge in [-0.15, -0.1) is 0 Å². The first-order chi connectivity index (χ1) is 6.38. The van der Waals surface area contributed by atoms with Gasteiger partial charge in [0.15, 0.2) is 5.82 Å². The van der Waals surface area contributed by atoms with Gasteiger partial charge in [0, 0.05) is 55.7 Å². The molecular formula is C10H6ArN2O. The topological polar surface area (TPSA) is 34.9 Å². The zero-order valence-electron chi connectivity index (χ0n) is 7.12. The van der Waals surface area contributed by atoms with Crippen LogP contribution in [0.4, 0.5) is 0 Å². The Bertz CT molecular complexity index is 504. The van der Waals surface area contributed by atoms with E-state index < -0.39 is 0 Å². The van der Waals surface area contributed by atoms with E-state index in [4.69, 9.17) is 0 Å². The molecule has 4 heteroatoms. The molecule has 2 aromatic rings. The maximum atomic E-state index is 11.7. The summed E-state index contributed by atoms with van der Waals surface area (Å²) < 4.78 is 1.82. The van der Waals surface area contributed by atoms with E-state index in [-0.39, 0.29) is 43.5 Å². The zero-order chi connectivity index (χ0) is 8.84. The number of rotatable bonds is 0. The SMILES string of the molecule is O=C1c2ccccc2-n2ccnc21.[Ar]. The zero-order valence-corrected chi connectivity index (χ0v) is 7.83. The van der Waals surface area contributed by atoms with Crippen LogP contribution in [0.1, 0.15) is 16.2 Å². The number of hydrogen-bond donors (Lipinski definition) is 0. The van der Waals surface area contributed by atoms with Gasteiger partial charge in [-0.2, -0.15) is 0 Å². The summed E-state index contributed by atoms with van der Waals surface area (Å²) in [7, 11) is 0. The van der Waals surface area contributed by atoms with Crippen molar-refractivity contribution in [1.82, 2.24) is 9.55 Å². The molecule has 0 saturated carbocycles. The molecule has 0 aliphatic carbocycles. The number of aromatic nitrogens is 2. The van der Waals surface area contributed by atoms with Crippen LogP contribution in [-0.2, 0) is 0 Å². The van der Waals surface area contributed by atoms with E-state index in [1.54, 1.807) is 12.4 Å². The van der Waals surface area contributed by atoms with Gasteiger partial charge in [-0.1, -0.05) is 12.1 Å². The molecule has 1 aliphatic heterocycles. The summed E-state index contributed by atoms with van der Waals surface area (Å²) in [5, 5.41) is 0. The molecule has 1 aromatic carbocycles. The van der Waals surface area contributed by atoms with Crippen LogP contribution in [0, 0.1) is 37.7 Å². The number of ketones is 1. The van der Waals surface area contributed by atoms with Gasteiger partial charge >= 0.3 is 0 Å². The van der Waals surface area contributed by atoms with Crippen LogP contribution >= 0.6 is 0 Å². The van der Waals surface area contributed by atoms with E-state index in [0.29, 0.717) is 5.82 Å².